The number of hydrogen-bond donors (Lipinski definition) is 0. The first-order valence-electron chi connectivity index (χ1n) is 9.85. The Bertz CT molecular complexity index is 533. The molecule has 2 heteroatoms. The van der Waals surface area contributed by atoms with E-state index in [1.165, 1.54) is 31.2 Å². The van der Waals surface area contributed by atoms with Crippen molar-refractivity contribution in [3.05, 3.63) is 29.8 Å². The van der Waals surface area contributed by atoms with Gasteiger partial charge in [-0.1, -0.05) is 39.8 Å². The van der Waals surface area contributed by atoms with E-state index in [2.05, 4.69) is 58.9 Å². The van der Waals surface area contributed by atoms with Gasteiger partial charge in [-0.05, 0) is 73.5 Å². The van der Waals surface area contributed by atoms with Crippen molar-refractivity contribution < 1.29 is 9.47 Å². The summed E-state index contributed by atoms with van der Waals surface area (Å²) in [6.07, 6.45) is 5.05. The molecule has 0 spiro atoms. The van der Waals surface area contributed by atoms with Crippen molar-refractivity contribution in [3.63, 3.8) is 0 Å². The van der Waals surface area contributed by atoms with E-state index in [4.69, 9.17) is 9.47 Å². The van der Waals surface area contributed by atoms with Gasteiger partial charge in [-0.3, -0.25) is 0 Å². The maximum atomic E-state index is 6.33. The molecule has 3 rings (SSSR count). The van der Waals surface area contributed by atoms with Gasteiger partial charge >= 0.3 is 0 Å². The summed E-state index contributed by atoms with van der Waals surface area (Å²) in [5.41, 5.74) is 1.84. The molecule has 2 aliphatic rings. The number of benzene rings is 1. The van der Waals surface area contributed by atoms with Crippen LogP contribution >= 0.6 is 0 Å². The quantitative estimate of drug-likeness (QED) is 0.570. The van der Waals surface area contributed by atoms with Crippen LogP contribution in [0, 0.1) is 23.2 Å². The highest BCUT2D eigenvalue weighted by molar-refractivity contribution is 5.29. The summed E-state index contributed by atoms with van der Waals surface area (Å²) in [7, 11) is 0. The lowest BCUT2D eigenvalue weighted by molar-refractivity contribution is -0.126. The lowest BCUT2D eigenvalue weighted by atomic mass is 9.80. The summed E-state index contributed by atoms with van der Waals surface area (Å²) in [6.45, 7) is 12.2. The molecule has 134 valence electrons. The van der Waals surface area contributed by atoms with E-state index >= 15 is 0 Å². The van der Waals surface area contributed by atoms with Crippen LogP contribution in [0.4, 0.5) is 0 Å². The van der Waals surface area contributed by atoms with Gasteiger partial charge in [-0.2, -0.15) is 0 Å². The van der Waals surface area contributed by atoms with Crippen LogP contribution in [0.5, 0.6) is 5.75 Å². The summed E-state index contributed by atoms with van der Waals surface area (Å²) in [4.78, 5) is 0. The minimum Gasteiger partial charge on any atom is -0.465 e. The molecule has 5 atom stereocenters. The van der Waals surface area contributed by atoms with E-state index in [0.29, 0.717) is 23.9 Å². The second-order valence-corrected chi connectivity index (χ2v) is 8.42. The van der Waals surface area contributed by atoms with Crippen LogP contribution in [-0.2, 0) is 4.74 Å². The molecule has 0 aromatic heterocycles. The molecule has 1 aromatic carbocycles. The molecule has 0 radical (unpaired) electrons. The SMILES string of the molecule is CCOC(Oc1ccc(C(C)CC)cc1)C1CC2CCC1C2(C)C. The van der Waals surface area contributed by atoms with Crippen LogP contribution in [0.3, 0.4) is 0 Å². The Balaban J connectivity index is 1.71. The molecule has 1 aromatic rings. The monoisotopic (exact) mass is 330 g/mol. The van der Waals surface area contributed by atoms with E-state index in [0.717, 1.165) is 17.6 Å². The van der Waals surface area contributed by atoms with Gasteiger partial charge in [0.25, 0.3) is 0 Å². The maximum Gasteiger partial charge on any atom is 0.202 e. The normalized spacial score (nSPS) is 30.3. The van der Waals surface area contributed by atoms with Crippen LogP contribution in [-0.4, -0.2) is 12.9 Å². The number of fused-ring (bicyclic) bond motifs is 2. The average molecular weight is 331 g/mol. The zero-order chi connectivity index (χ0) is 17.3. The third-order valence-electron chi connectivity index (χ3n) is 6.90. The Morgan fingerprint density at radius 1 is 1.12 bits per heavy atom. The second kappa shape index (κ2) is 7.07. The minimum absolute atomic E-state index is 0.0981. The van der Waals surface area contributed by atoms with Gasteiger partial charge < -0.3 is 9.47 Å². The van der Waals surface area contributed by atoms with Gasteiger partial charge in [-0.15, -0.1) is 0 Å². The molecule has 0 heterocycles. The second-order valence-electron chi connectivity index (χ2n) is 8.42. The molecule has 0 amide bonds. The Labute approximate surface area is 147 Å². The topological polar surface area (TPSA) is 18.5 Å². The number of hydrogen-bond acceptors (Lipinski definition) is 2. The summed E-state index contributed by atoms with van der Waals surface area (Å²) in [5.74, 6) is 3.66. The van der Waals surface area contributed by atoms with Gasteiger partial charge in [0.1, 0.15) is 5.75 Å². The highest BCUT2D eigenvalue weighted by Gasteiger charge is 2.56. The molecule has 5 unspecified atom stereocenters. The highest BCUT2D eigenvalue weighted by Crippen LogP contribution is 2.61. The van der Waals surface area contributed by atoms with Crippen molar-refractivity contribution in [2.45, 2.75) is 72.5 Å². The third kappa shape index (κ3) is 3.22. The van der Waals surface area contributed by atoms with Crippen LogP contribution in [0.1, 0.15) is 71.8 Å². The van der Waals surface area contributed by atoms with Crippen molar-refractivity contribution in [2.75, 3.05) is 6.61 Å². The standard InChI is InChI=1S/C22H34O2/c1-6-15(3)16-8-11-18(12-9-16)24-21(23-7-2)19-14-17-10-13-20(19)22(17,4)5/h8-9,11-12,15,17,19-21H,6-7,10,13-14H2,1-5H3. The lowest BCUT2D eigenvalue weighted by Gasteiger charge is -2.32. The smallest absolute Gasteiger partial charge is 0.202 e. The molecule has 24 heavy (non-hydrogen) atoms. The molecule has 0 N–H and O–H groups in total. The van der Waals surface area contributed by atoms with Gasteiger partial charge in [-0.25, -0.2) is 0 Å². The largest absolute Gasteiger partial charge is 0.465 e. The van der Waals surface area contributed by atoms with E-state index < -0.39 is 0 Å². The first kappa shape index (κ1) is 17.8. The first-order valence-corrected chi connectivity index (χ1v) is 9.85. The molecular formula is C22H34O2. The van der Waals surface area contributed by atoms with Crippen LogP contribution < -0.4 is 4.74 Å². The summed E-state index contributed by atoms with van der Waals surface area (Å²) in [5, 5.41) is 0. The predicted molar refractivity (Wildman–Crippen MR) is 99.3 cm³/mol. The maximum absolute atomic E-state index is 6.33. The highest BCUT2D eigenvalue weighted by atomic mass is 16.7. The zero-order valence-electron chi connectivity index (χ0n) is 16.0. The molecule has 0 saturated heterocycles. The van der Waals surface area contributed by atoms with Crippen molar-refractivity contribution in [3.8, 4) is 5.75 Å². The molecule has 2 nitrogen and oxygen atoms in total. The minimum atomic E-state index is -0.0981. The number of rotatable bonds is 7. The molecular weight excluding hydrogens is 296 g/mol. The zero-order valence-corrected chi connectivity index (χ0v) is 16.0. The summed E-state index contributed by atoms with van der Waals surface area (Å²) in [6, 6.07) is 8.65. The number of ether oxygens (including phenoxy) is 2. The van der Waals surface area contributed by atoms with Crippen molar-refractivity contribution in [2.24, 2.45) is 23.2 Å². The fourth-order valence-electron chi connectivity index (χ4n) is 5.06. The van der Waals surface area contributed by atoms with E-state index in [-0.39, 0.29) is 6.29 Å². The lowest BCUT2D eigenvalue weighted by Crippen LogP contribution is -2.35. The Morgan fingerprint density at radius 2 is 1.83 bits per heavy atom. The Morgan fingerprint density at radius 3 is 2.33 bits per heavy atom. The van der Waals surface area contributed by atoms with Gasteiger partial charge in [0, 0.05) is 12.5 Å². The van der Waals surface area contributed by atoms with Crippen LogP contribution in [0.2, 0.25) is 0 Å². The fourth-order valence-corrected chi connectivity index (χ4v) is 5.06. The van der Waals surface area contributed by atoms with Gasteiger partial charge in [0.2, 0.25) is 6.29 Å². The van der Waals surface area contributed by atoms with E-state index in [1.54, 1.807) is 0 Å². The van der Waals surface area contributed by atoms with Crippen molar-refractivity contribution >= 4 is 0 Å². The van der Waals surface area contributed by atoms with Crippen molar-refractivity contribution in [1.82, 2.24) is 0 Å². The van der Waals surface area contributed by atoms with Crippen LogP contribution in [0.15, 0.2) is 24.3 Å². The molecule has 2 fully saturated rings. The molecule has 2 bridgehead atoms. The van der Waals surface area contributed by atoms with E-state index in [1.807, 2.05) is 0 Å². The Kier molecular flexibility index (Phi) is 5.24. The van der Waals surface area contributed by atoms with Gasteiger partial charge in [0.05, 0.1) is 0 Å². The average Bonchev–Trinajstić information content (AvgIpc) is 3.02. The van der Waals surface area contributed by atoms with Crippen molar-refractivity contribution in [1.29, 1.82) is 0 Å². The summed E-state index contributed by atoms with van der Waals surface area (Å²) < 4.78 is 12.4. The molecule has 2 saturated carbocycles. The van der Waals surface area contributed by atoms with Gasteiger partial charge in [0.15, 0.2) is 0 Å². The summed E-state index contributed by atoms with van der Waals surface area (Å²) >= 11 is 0. The predicted octanol–water partition coefficient (Wildman–Crippen LogP) is 6.01. The Hall–Kier alpha value is -1.02. The fraction of sp³-hybridized carbons (Fsp3) is 0.727. The molecule has 2 aliphatic carbocycles. The van der Waals surface area contributed by atoms with Crippen LogP contribution in [0.25, 0.3) is 0 Å². The first-order chi connectivity index (χ1) is 11.5. The molecule has 0 aliphatic heterocycles. The third-order valence-corrected chi connectivity index (χ3v) is 6.90. The van der Waals surface area contributed by atoms with E-state index in [9.17, 15) is 0 Å².